The minimum absolute atomic E-state index is 0.0195. The Kier molecular flexibility index (Phi) is 4.13. The molecule has 5 nitrogen and oxygen atoms in total. The quantitative estimate of drug-likeness (QED) is 0.797. The van der Waals surface area contributed by atoms with E-state index in [1.54, 1.807) is 35.9 Å². The Hall–Kier alpha value is -2.47. The third-order valence-corrected chi connectivity index (χ3v) is 5.31. The van der Waals surface area contributed by atoms with Crippen LogP contribution in [0.1, 0.15) is 23.2 Å². The zero-order chi connectivity index (χ0) is 16.4. The van der Waals surface area contributed by atoms with Crippen molar-refractivity contribution >= 4 is 33.1 Å². The number of thiophene rings is 1. The number of nitrogens with one attached hydrogen (secondary N) is 1. The fraction of sp³-hybridized carbons (Fsp3) is 0.278. The van der Waals surface area contributed by atoms with Crippen LogP contribution in [-0.2, 0) is 0 Å². The number of hydrogen-bond donors (Lipinski definition) is 1. The van der Waals surface area contributed by atoms with E-state index in [2.05, 4.69) is 37.7 Å². The van der Waals surface area contributed by atoms with Gasteiger partial charge in [-0.05, 0) is 42.5 Å². The standard InChI is InChI=1S/C18H18N4OS/c23-18(13-1-7-19-8-2-13)21-14-4-10-22(11-5-14)17-15-6-12-24-16(15)3-9-20-17/h1-3,6-9,12,14H,4-5,10-11H2,(H,21,23). The van der Waals surface area contributed by atoms with Crippen molar-refractivity contribution in [1.29, 1.82) is 0 Å². The SMILES string of the molecule is O=C(NC1CCN(c2nccc3sccc23)CC1)c1ccncc1. The van der Waals surface area contributed by atoms with Crippen LogP contribution in [-0.4, -0.2) is 35.0 Å². The van der Waals surface area contributed by atoms with Gasteiger partial charge in [-0.3, -0.25) is 9.78 Å². The average molecular weight is 338 g/mol. The zero-order valence-corrected chi connectivity index (χ0v) is 14.0. The van der Waals surface area contributed by atoms with Gasteiger partial charge in [-0.1, -0.05) is 0 Å². The van der Waals surface area contributed by atoms with Crippen LogP contribution in [0.25, 0.3) is 10.1 Å². The molecule has 4 heterocycles. The van der Waals surface area contributed by atoms with Crippen LogP contribution in [0.2, 0.25) is 0 Å². The average Bonchev–Trinajstić information content (AvgIpc) is 3.12. The molecule has 1 aliphatic rings. The van der Waals surface area contributed by atoms with Crippen LogP contribution < -0.4 is 10.2 Å². The molecule has 4 rings (SSSR count). The first-order valence-corrected chi connectivity index (χ1v) is 8.97. The summed E-state index contributed by atoms with van der Waals surface area (Å²) in [7, 11) is 0. The molecule has 122 valence electrons. The van der Waals surface area contributed by atoms with E-state index in [1.807, 2.05) is 6.20 Å². The van der Waals surface area contributed by atoms with Gasteiger partial charge in [0.2, 0.25) is 0 Å². The molecular formula is C18H18N4OS. The molecule has 0 radical (unpaired) electrons. The molecule has 0 aliphatic carbocycles. The smallest absolute Gasteiger partial charge is 0.251 e. The molecule has 3 aromatic rings. The molecule has 0 unspecified atom stereocenters. The number of anilines is 1. The molecule has 0 atom stereocenters. The summed E-state index contributed by atoms with van der Waals surface area (Å²) in [6, 6.07) is 7.89. The van der Waals surface area contributed by atoms with Crippen molar-refractivity contribution in [2.75, 3.05) is 18.0 Å². The molecule has 1 amide bonds. The molecule has 1 saturated heterocycles. The number of piperidine rings is 1. The Morgan fingerprint density at radius 1 is 1.12 bits per heavy atom. The Morgan fingerprint density at radius 2 is 1.92 bits per heavy atom. The molecule has 0 bridgehead atoms. The van der Waals surface area contributed by atoms with Crippen LogP contribution in [0, 0.1) is 0 Å². The van der Waals surface area contributed by atoms with Crippen LogP contribution in [0.4, 0.5) is 5.82 Å². The monoisotopic (exact) mass is 338 g/mol. The van der Waals surface area contributed by atoms with Crippen molar-refractivity contribution in [3.05, 3.63) is 53.8 Å². The Labute approximate surface area is 144 Å². The van der Waals surface area contributed by atoms with Gasteiger partial charge in [0.05, 0.1) is 0 Å². The predicted molar refractivity (Wildman–Crippen MR) is 96.6 cm³/mol. The Bertz CT molecular complexity index is 840. The van der Waals surface area contributed by atoms with Gasteiger partial charge in [0.15, 0.2) is 0 Å². The van der Waals surface area contributed by atoms with E-state index in [4.69, 9.17) is 0 Å². The molecule has 1 aliphatic heterocycles. The van der Waals surface area contributed by atoms with Gasteiger partial charge in [-0.2, -0.15) is 0 Å². The van der Waals surface area contributed by atoms with Gasteiger partial charge in [0.1, 0.15) is 5.82 Å². The maximum Gasteiger partial charge on any atom is 0.251 e. The van der Waals surface area contributed by atoms with Crippen molar-refractivity contribution < 1.29 is 4.79 Å². The summed E-state index contributed by atoms with van der Waals surface area (Å²) in [4.78, 5) is 23.1. The fourth-order valence-electron chi connectivity index (χ4n) is 3.14. The van der Waals surface area contributed by atoms with Gasteiger partial charge >= 0.3 is 0 Å². The number of pyridine rings is 2. The lowest BCUT2D eigenvalue weighted by atomic mass is 10.0. The summed E-state index contributed by atoms with van der Waals surface area (Å²) in [6.07, 6.45) is 7.03. The number of aromatic nitrogens is 2. The molecule has 24 heavy (non-hydrogen) atoms. The molecule has 0 aromatic carbocycles. The molecule has 1 N–H and O–H groups in total. The molecule has 0 spiro atoms. The van der Waals surface area contributed by atoms with Crippen LogP contribution in [0.15, 0.2) is 48.2 Å². The summed E-state index contributed by atoms with van der Waals surface area (Å²) in [5, 5.41) is 6.46. The maximum absolute atomic E-state index is 12.2. The minimum Gasteiger partial charge on any atom is -0.356 e. The van der Waals surface area contributed by atoms with Crippen molar-refractivity contribution in [3.63, 3.8) is 0 Å². The van der Waals surface area contributed by atoms with Crippen LogP contribution >= 0.6 is 11.3 Å². The van der Waals surface area contributed by atoms with Crippen molar-refractivity contribution in [2.45, 2.75) is 18.9 Å². The highest BCUT2D eigenvalue weighted by Gasteiger charge is 2.23. The van der Waals surface area contributed by atoms with Gasteiger partial charge in [-0.15, -0.1) is 11.3 Å². The number of fused-ring (bicyclic) bond motifs is 1. The Balaban J connectivity index is 1.40. The van der Waals surface area contributed by atoms with E-state index in [1.165, 1.54) is 10.1 Å². The number of amides is 1. The highest BCUT2D eigenvalue weighted by atomic mass is 32.1. The van der Waals surface area contributed by atoms with Crippen molar-refractivity contribution in [3.8, 4) is 0 Å². The van der Waals surface area contributed by atoms with Gasteiger partial charge in [0, 0.05) is 53.4 Å². The first-order chi connectivity index (χ1) is 11.8. The molecular weight excluding hydrogens is 320 g/mol. The summed E-state index contributed by atoms with van der Waals surface area (Å²) < 4.78 is 1.27. The lowest BCUT2D eigenvalue weighted by Crippen LogP contribution is -2.45. The highest BCUT2D eigenvalue weighted by molar-refractivity contribution is 7.17. The number of hydrogen-bond acceptors (Lipinski definition) is 5. The van der Waals surface area contributed by atoms with Crippen molar-refractivity contribution in [2.24, 2.45) is 0 Å². The maximum atomic E-state index is 12.2. The van der Waals surface area contributed by atoms with E-state index in [0.29, 0.717) is 5.56 Å². The van der Waals surface area contributed by atoms with Crippen LogP contribution in [0.3, 0.4) is 0 Å². The fourth-order valence-corrected chi connectivity index (χ4v) is 3.92. The van der Waals surface area contributed by atoms with E-state index in [0.717, 1.165) is 31.7 Å². The van der Waals surface area contributed by atoms with E-state index >= 15 is 0 Å². The first kappa shape index (κ1) is 15.1. The lowest BCUT2D eigenvalue weighted by Gasteiger charge is -2.33. The third-order valence-electron chi connectivity index (χ3n) is 4.43. The summed E-state index contributed by atoms with van der Waals surface area (Å²) >= 11 is 1.74. The summed E-state index contributed by atoms with van der Waals surface area (Å²) in [5.41, 5.74) is 0.664. The number of carbonyl (C=O) groups excluding carboxylic acids is 1. The number of carbonyl (C=O) groups is 1. The van der Waals surface area contributed by atoms with E-state index in [-0.39, 0.29) is 11.9 Å². The number of nitrogens with zero attached hydrogens (tertiary/aromatic N) is 3. The second-order valence-corrected chi connectivity index (χ2v) is 6.89. The summed E-state index contributed by atoms with van der Waals surface area (Å²) in [6.45, 7) is 1.81. The predicted octanol–water partition coefficient (Wildman–Crippen LogP) is 3.09. The third kappa shape index (κ3) is 2.97. The van der Waals surface area contributed by atoms with E-state index in [9.17, 15) is 4.79 Å². The van der Waals surface area contributed by atoms with E-state index < -0.39 is 0 Å². The van der Waals surface area contributed by atoms with Crippen LogP contribution in [0.5, 0.6) is 0 Å². The molecule has 1 fully saturated rings. The number of rotatable bonds is 3. The second-order valence-electron chi connectivity index (χ2n) is 5.94. The topological polar surface area (TPSA) is 58.1 Å². The zero-order valence-electron chi connectivity index (χ0n) is 13.2. The largest absolute Gasteiger partial charge is 0.356 e. The second kappa shape index (κ2) is 6.57. The summed E-state index contributed by atoms with van der Waals surface area (Å²) in [5.74, 6) is 1.04. The lowest BCUT2D eigenvalue weighted by molar-refractivity contribution is 0.0931. The highest BCUT2D eigenvalue weighted by Crippen LogP contribution is 2.30. The Morgan fingerprint density at radius 3 is 2.71 bits per heavy atom. The van der Waals surface area contributed by atoms with Gasteiger partial charge < -0.3 is 10.2 Å². The molecule has 6 heteroatoms. The molecule has 0 saturated carbocycles. The van der Waals surface area contributed by atoms with Crippen molar-refractivity contribution in [1.82, 2.24) is 15.3 Å². The molecule has 3 aromatic heterocycles. The van der Waals surface area contributed by atoms with Gasteiger partial charge in [-0.25, -0.2) is 4.98 Å². The van der Waals surface area contributed by atoms with Gasteiger partial charge in [0.25, 0.3) is 5.91 Å². The first-order valence-electron chi connectivity index (χ1n) is 8.09. The normalized spacial score (nSPS) is 15.6. The minimum atomic E-state index is -0.0195.